The van der Waals surface area contributed by atoms with Crippen LogP contribution in [0, 0.1) is 0 Å². The summed E-state index contributed by atoms with van der Waals surface area (Å²) < 4.78 is 0. The molecule has 0 radical (unpaired) electrons. The Balaban J connectivity index is 1.66. The lowest BCUT2D eigenvalue weighted by Crippen LogP contribution is -2.56. The zero-order chi connectivity index (χ0) is 25.5. The molecule has 190 valence electrons. The summed E-state index contributed by atoms with van der Waals surface area (Å²) >= 11 is 0. The molecule has 2 aliphatic rings. The van der Waals surface area contributed by atoms with Crippen LogP contribution < -0.4 is 21.3 Å². The summed E-state index contributed by atoms with van der Waals surface area (Å²) in [6, 6.07) is 6.63. The van der Waals surface area contributed by atoms with Gasteiger partial charge >= 0.3 is 0 Å². The van der Waals surface area contributed by atoms with Crippen LogP contribution in [0.25, 0.3) is 0 Å². The molecule has 1 aromatic rings. The van der Waals surface area contributed by atoms with Gasteiger partial charge in [-0.25, -0.2) is 0 Å². The van der Waals surface area contributed by atoms with Gasteiger partial charge in [-0.15, -0.1) is 0 Å². The lowest BCUT2D eigenvalue weighted by Gasteiger charge is -2.36. The molecule has 3 rings (SSSR count). The van der Waals surface area contributed by atoms with E-state index in [0.29, 0.717) is 24.2 Å². The van der Waals surface area contributed by atoms with Crippen molar-refractivity contribution in [1.29, 1.82) is 0 Å². The molecule has 2 fully saturated rings. The van der Waals surface area contributed by atoms with Crippen molar-refractivity contribution in [2.45, 2.75) is 83.1 Å². The van der Waals surface area contributed by atoms with Crippen LogP contribution in [0.15, 0.2) is 48.7 Å². The van der Waals surface area contributed by atoms with Gasteiger partial charge in [0.15, 0.2) is 0 Å². The van der Waals surface area contributed by atoms with Crippen molar-refractivity contribution < 1.29 is 14.4 Å². The molecule has 2 aliphatic heterocycles. The number of likely N-dealkylation sites (N-methyl/N-ethyl adjacent to an activating group) is 1. The highest BCUT2D eigenvalue weighted by Crippen LogP contribution is 2.31. The smallest absolute Gasteiger partial charge is 0.250 e. The molecular formula is C27H39N5O3. The number of carbonyl (C=O) groups is 3. The molecule has 4 N–H and O–H groups in total. The lowest BCUT2D eigenvalue weighted by atomic mass is 9.98. The Hall–Kier alpha value is -3.13. The third-order valence-corrected chi connectivity index (χ3v) is 6.99. The molecule has 0 aliphatic carbocycles. The number of hydrogen-bond donors (Lipinski definition) is 4. The first-order valence-corrected chi connectivity index (χ1v) is 12.5. The van der Waals surface area contributed by atoms with Crippen molar-refractivity contribution in [3.63, 3.8) is 0 Å². The molecule has 0 bridgehead atoms. The van der Waals surface area contributed by atoms with Crippen LogP contribution in [0.2, 0.25) is 0 Å². The van der Waals surface area contributed by atoms with Gasteiger partial charge < -0.3 is 26.2 Å². The van der Waals surface area contributed by atoms with E-state index in [1.165, 1.54) is 0 Å². The molecule has 35 heavy (non-hydrogen) atoms. The molecule has 0 spiro atoms. The molecule has 0 saturated carbocycles. The fraction of sp³-hybridized carbons (Fsp3) is 0.519. The highest BCUT2D eigenvalue weighted by Gasteiger charge is 2.43. The lowest BCUT2D eigenvalue weighted by molar-refractivity contribution is -0.142. The van der Waals surface area contributed by atoms with Gasteiger partial charge in [-0.05, 0) is 64.3 Å². The Bertz CT molecular complexity index is 975. The third-order valence-electron chi connectivity index (χ3n) is 6.99. The maximum atomic E-state index is 13.6. The monoisotopic (exact) mass is 481 g/mol. The minimum atomic E-state index is -0.476. The van der Waals surface area contributed by atoms with Gasteiger partial charge in [-0.1, -0.05) is 38.1 Å². The molecular weight excluding hydrogens is 442 g/mol. The minimum absolute atomic E-state index is 0.0127. The summed E-state index contributed by atoms with van der Waals surface area (Å²) in [6.45, 7) is 11.7. The van der Waals surface area contributed by atoms with Crippen LogP contribution >= 0.6 is 0 Å². The third kappa shape index (κ3) is 6.72. The SMILES string of the molecule is C=C(C)C(=O)Nc1cccc(CNC(=O)[C@@H]2CC[C@@H]3CCCC[C@H](NC(=C)[C@H](C)NC)C(=O)N32)c1. The van der Waals surface area contributed by atoms with E-state index >= 15 is 0 Å². The summed E-state index contributed by atoms with van der Waals surface area (Å²) in [5, 5.41) is 12.3. The topological polar surface area (TPSA) is 103 Å². The predicted octanol–water partition coefficient (Wildman–Crippen LogP) is 2.83. The number of anilines is 1. The Morgan fingerprint density at radius 3 is 2.60 bits per heavy atom. The van der Waals surface area contributed by atoms with Crippen molar-refractivity contribution in [3.05, 3.63) is 54.3 Å². The van der Waals surface area contributed by atoms with E-state index in [1.807, 2.05) is 37.1 Å². The predicted molar refractivity (Wildman–Crippen MR) is 138 cm³/mol. The van der Waals surface area contributed by atoms with Crippen LogP contribution in [0.3, 0.4) is 0 Å². The zero-order valence-electron chi connectivity index (χ0n) is 21.2. The number of rotatable bonds is 9. The van der Waals surface area contributed by atoms with Crippen molar-refractivity contribution in [1.82, 2.24) is 20.9 Å². The van der Waals surface area contributed by atoms with E-state index in [2.05, 4.69) is 34.4 Å². The van der Waals surface area contributed by atoms with Crippen molar-refractivity contribution in [3.8, 4) is 0 Å². The first-order valence-electron chi connectivity index (χ1n) is 12.5. The summed E-state index contributed by atoms with van der Waals surface area (Å²) in [5.74, 6) is -0.394. The fourth-order valence-corrected chi connectivity index (χ4v) is 4.75. The molecule has 8 nitrogen and oxygen atoms in total. The first kappa shape index (κ1) is 26.5. The van der Waals surface area contributed by atoms with Gasteiger partial charge in [-0.2, -0.15) is 0 Å². The quantitative estimate of drug-likeness (QED) is 0.406. The number of nitrogens with zero attached hydrogens (tertiary/aromatic N) is 1. The zero-order valence-corrected chi connectivity index (χ0v) is 21.2. The fourth-order valence-electron chi connectivity index (χ4n) is 4.75. The maximum Gasteiger partial charge on any atom is 0.250 e. The standard InChI is InChI=1S/C27H39N5O3/c1-17(2)25(33)31-21-10-8-9-20(15-21)16-29-26(34)24-14-13-22-11-6-7-12-23(27(35)32(22)24)30-19(4)18(3)28-5/h8-10,15,18,22-24,28,30H,1,4,6-7,11-14,16H2,2-3,5H3,(H,29,34)(H,31,33)/t18-,22-,23-,24-/m0/s1. The van der Waals surface area contributed by atoms with Gasteiger partial charge in [-0.3, -0.25) is 14.4 Å². The molecule has 8 heteroatoms. The van der Waals surface area contributed by atoms with Crippen molar-refractivity contribution >= 4 is 23.4 Å². The second kappa shape index (κ2) is 12.0. The Morgan fingerprint density at radius 1 is 1.14 bits per heavy atom. The van der Waals surface area contributed by atoms with Gasteiger partial charge in [0.2, 0.25) is 11.8 Å². The second-order valence-electron chi connectivity index (χ2n) is 9.66. The van der Waals surface area contributed by atoms with Gasteiger partial charge in [0.05, 0.1) is 0 Å². The molecule has 0 aromatic heterocycles. The molecule has 2 saturated heterocycles. The van der Waals surface area contributed by atoms with E-state index in [4.69, 9.17) is 0 Å². The average molecular weight is 482 g/mol. The molecule has 0 unspecified atom stereocenters. The van der Waals surface area contributed by atoms with Gasteiger partial charge in [0.1, 0.15) is 12.1 Å². The van der Waals surface area contributed by atoms with Crippen LogP contribution in [-0.4, -0.2) is 53.8 Å². The van der Waals surface area contributed by atoms with Gasteiger partial charge in [0.25, 0.3) is 5.91 Å². The summed E-state index contributed by atoms with van der Waals surface area (Å²) in [7, 11) is 1.86. The number of fused-ring (bicyclic) bond motifs is 1. The van der Waals surface area contributed by atoms with Crippen LogP contribution in [-0.2, 0) is 20.9 Å². The number of carbonyl (C=O) groups excluding carboxylic acids is 3. The maximum absolute atomic E-state index is 13.6. The Kier molecular flexibility index (Phi) is 9.09. The summed E-state index contributed by atoms with van der Waals surface area (Å²) in [5.41, 5.74) is 2.72. The second-order valence-corrected chi connectivity index (χ2v) is 9.66. The highest BCUT2D eigenvalue weighted by molar-refractivity contribution is 6.02. The number of benzene rings is 1. The largest absolute Gasteiger partial charge is 0.376 e. The van der Waals surface area contributed by atoms with Crippen LogP contribution in [0.5, 0.6) is 0 Å². The van der Waals surface area contributed by atoms with Crippen LogP contribution in [0.4, 0.5) is 5.69 Å². The number of nitrogens with one attached hydrogen (secondary N) is 4. The average Bonchev–Trinajstić information content (AvgIpc) is 3.25. The number of amides is 3. The Labute approximate surface area is 208 Å². The van der Waals surface area contributed by atoms with E-state index < -0.39 is 6.04 Å². The van der Waals surface area contributed by atoms with E-state index in [1.54, 1.807) is 13.0 Å². The molecule has 2 heterocycles. The molecule has 3 amide bonds. The first-order chi connectivity index (χ1) is 16.7. The van der Waals surface area contributed by atoms with E-state index in [-0.39, 0.29) is 35.8 Å². The van der Waals surface area contributed by atoms with Crippen LogP contribution in [0.1, 0.15) is 57.9 Å². The summed E-state index contributed by atoms with van der Waals surface area (Å²) in [4.78, 5) is 40.5. The summed E-state index contributed by atoms with van der Waals surface area (Å²) in [6.07, 6.45) is 5.18. The molecule has 4 atom stereocenters. The normalized spacial score (nSPS) is 22.9. The van der Waals surface area contributed by atoms with E-state index in [0.717, 1.165) is 43.4 Å². The highest BCUT2D eigenvalue weighted by atomic mass is 16.2. The molecule has 1 aromatic carbocycles. The van der Waals surface area contributed by atoms with Gasteiger partial charge in [0, 0.05) is 35.6 Å². The van der Waals surface area contributed by atoms with E-state index in [9.17, 15) is 14.4 Å². The van der Waals surface area contributed by atoms with Crippen molar-refractivity contribution in [2.75, 3.05) is 12.4 Å². The minimum Gasteiger partial charge on any atom is -0.376 e. The van der Waals surface area contributed by atoms with Crippen molar-refractivity contribution in [2.24, 2.45) is 0 Å². The number of hydrogen-bond acceptors (Lipinski definition) is 5. The Morgan fingerprint density at radius 2 is 1.89 bits per heavy atom.